The van der Waals surface area contributed by atoms with Crippen LogP contribution >= 0.6 is 0 Å². The van der Waals surface area contributed by atoms with Crippen molar-refractivity contribution in [1.82, 2.24) is 9.88 Å². The number of hydrogen-bond acceptors (Lipinski definition) is 1. The lowest BCUT2D eigenvalue weighted by molar-refractivity contribution is 0.186. The Morgan fingerprint density at radius 2 is 2.16 bits per heavy atom. The number of aromatic nitrogens is 1. The van der Waals surface area contributed by atoms with E-state index in [1.165, 1.54) is 61.1 Å². The minimum Gasteiger partial charge on any atom is -0.358 e. The zero-order valence-corrected chi connectivity index (χ0v) is 12.1. The molecule has 0 radical (unpaired) electrons. The molecule has 1 aromatic heterocycles. The van der Waals surface area contributed by atoms with Crippen molar-refractivity contribution in [3.05, 3.63) is 35.5 Å². The summed E-state index contributed by atoms with van der Waals surface area (Å²) in [6.07, 6.45) is 3.94. The van der Waals surface area contributed by atoms with Gasteiger partial charge in [-0.3, -0.25) is 0 Å². The molecule has 1 unspecified atom stereocenters. The van der Waals surface area contributed by atoms with Crippen molar-refractivity contribution in [2.75, 3.05) is 19.6 Å². The second-order valence-electron chi connectivity index (χ2n) is 6.07. The predicted molar refractivity (Wildman–Crippen MR) is 81.6 cm³/mol. The van der Waals surface area contributed by atoms with Gasteiger partial charge in [0.2, 0.25) is 0 Å². The molecule has 0 bridgehead atoms. The summed E-state index contributed by atoms with van der Waals surface area (Å²) < 4.78 is 0. The molecule has 2 heterocycles. The summed E-state index contributed by atoms with van der Waals surface area (Å²) in [4.78, 5) is 6.14. The molecule has 1 fully saturated rings. The third kappa shape index (κ3) is 2.69. The van der Waals surface area contributed by atoms with Gasteiger partial charge in [0.25, 0.3) is 0 Å². The number of likely N-dealkylation sites (tertiary alicyclic amines) is 1. The highest BCUT2D eigenvalue weighted by Gasteiger charge is 2.16. The second kappa shape index (κ2) is 5.38. The number of nitrogens with one attached hydrogen (secondary N) is 1. The number of rotatable bonds is 3. The molecule has 0 amide bonds. The molecule has 1 saturated heterocycles. The van der Waals surface area contributed by atoms with Crippen LogP contribution in [0.1, 0.15) is 31.0 Å². The van der Waals surface area contributed by atoms with E-state index in [-0.39, 0.29) is 0 Å². The lowest BCUT2D eigenvalue weighted by Crippen LogP contribution is -2.35. The molecule has 1 aliphatic heterocycles. The Labute approximate surface area is 115 Å². The van der Waals surface area contributed by atoms with Crippen LogP contribution in [0.5, 0.6) is 0 Å². The minimum atomic E-state index is 0.873. The van der Waals surface area contributed by atoms with Gasteiger partial charge in [-0.05, 0) is 50.3 Å². The van der Waals surface area contributed by atoms with Crippen LogP contribution in [0.3, 0.4) is 0 Å². The first-order valence-electron chi connectivity index (χ1n) is 7.52. The number of benzene rings is 1. The number of H-pyrrole nitrogens is 1. The standard InChI is InChI=1S/C17H24N2/c1-13-6-5-10-19(12-13)11-9-15-14(2)18-17-8-4-3-7-16(15)17/h3-4,7-8,13,18H,5-6,9-12H2,1-2H3. The lowest BCUT2D eigenvalue weighted by atomic mass is 9.99. The SMILES string of the molecule is Cc1[nH]c2ccccc2c1CCN1CCCC(C)C1. The zero-order valence-electron chi connectivity index (χ0n) is 12.1. The molecule has 0 saturated carbocycles. The summed E-state index contributed by atoms with van der Waals surface area (Å²) in [5, 5.41) is 1.41. The number of aromatic amines is 1. The quantitative estimate of drug-likeness (QED) is 0.886. The number of para-hydroxylation sites is 1. The molecular formula is C17H24N2. The van der Waals surface area contributed by atoms with Crippen molar-refractivity contribution in [2.24, 2.45) is 5.92 Å². The highest BCUT2D eigenvalue weighted by Crippen LogP contribution is 2.23. The fourth-order valence-electron chi connectivity index (χ4n) is 3.42. The van der Waals surface area contributed by atoms with Crippen molar-refractivity contribution in [2.45, 2.75) is 33.1 Å². The maximum absolute atomic E-state index is 3.51. The van der Waals surface area contributed by atoms with Gasteiger partial charge in [0.05, 0.1) is 0 Å². The van der Waals surface area contributed by atoms with Gasteiger partial charge in [-0.2, -0.15) is 0 Å². The van der Waals surface area contributed by atoms with Gasteiger partial charge in [-0.1, -0.05) is 25.1 Å². The number of piperidine rings is 1. The van der Waals surface area contributed by atoms with Gasteiger partial charge in [-0.25, -0.2) is 0 Å². The highest BCUT2D eigenvalue weighted by atomic mass is 15.1. The monoisotopic (exact) mass is 256 g/mol. The van der Waals surface area contributed by atoms with E-state index in [4.69, 9.17) is 0 Å². The summed E-state index contributed by atoms with van der Waals surface area (Å²) >= 11 is 0. The fourth-order valence-corrected chi connectivity index (χ4v) is 3.42. The Morgan fingerprint density at radius 1 is 1.32 bits per heavy atom. The van der Waals surface area contributed by atoms with Crippen molar-refractivity contribution >= 4 is 10.9 Å². The van der Waals surface area contributed by atoms with Crippen LogP contribution in [0, 0.1) is 12.8 Å². The summed E-state index contributed by atoms with van der Waals surface area (Å²) in [6.45, 7) is 8.34. The normalized spacial score (nSPS) is 21.1. The molecular weight excluding hydrogens is 232 g/mol. The maximum Gasteiger partial charge on any atom is 0.0458 e. The number of aryl methyl sites for hydroxylation is 1. The van der Waals surface area contributed by atoms with Crippen molar-refractivity contribution in [1.29, 1.82) is 0 Å². The average molecular weight is 256 g/mol. The molecule has 3 rings (SSSR count). The van der Waals surface area contributed by atoms with E-state index in [1.807, 2.05) is 0 Å². The highest BCUT2D eigenvalue weighted by molar-refractivity contribution is 5.84. The summed E-state index contributed by atoms with van der Waals surface area (Å²) in [7, 11) is 0. The molecule has 1 atom stereocenters. The summed E-state index contributed by atoms with van der Waals surface area (Å²) in [5.74, 6) is 0.873. The van der Waals surface area contributed by atoms with Crippen LogP contribution in [0.25, 0.3) is 10.9 Å². The smallest absolute Gasteiger partial charge is 0.0458 e. The fraction of sp³-hybridized carbons (Fsp3) is 0.529. The van der Waals surface area contributed by atoms with E-state index >= 15 is 0 Å². The Morgan fingerprint density at radius 3 is 3.00 bits per heavy atom. The van der Waals surface area contributed by atoms with Crippen LogP contribution in [-0.4, -0.2) is 29.5 Å². The molecule has 102 valence electrons. The third-order valence-corrected chi connectivity index (χ3v) is 4.45. The van der Waals surface area contributed by atoms with Crippen LogP contribution in [0.15, 0.2) is 24.3 Å². The van der Waals surface area contributed by atoms with Gasteiger partial charge in [0, 0.05) is 29.7 Å². The molecule has 0 aliphatic carbocycles. The van der Waals surface area contributed by atoms with Gasteiger partial charge < -0.3 is 9.88 Å². The molecule has 2 aromatic rings. The molecule has 1 N–H and O–H groups in total. The molecule has 2 heteroatoms. The second-order valence-corrected chi connectivity index (χ2v) is 6.07. The van der Waals surface area contributed by atoms with Crippen molar-refractivity contribution in [3.63, 3.8) is 0 Å². The third-order valence-electron chi connectivity index (χ3n) is 4.45. The topological polar surface area (TPSA) is 19.0 Å². The Kier molecular flexibility index (Phi) is 3.61. The molecule has 1 aliphatic rings. The summed E-state index contributed by atoms with van der Waals surface area (Å²) in [6, 6.07) is 8.66. The van der Waals surface area contributed by atoms with E-state index in [9.17, 15) is 0 Å². The van der Waals surface area contributed by atoms with Crippen LogP contribution < -0.4 is 0 Å². The first-order chi connectivity index (χ1) is 9.24. The first-order valence-corrected chi connectivity index (χ1v) is 7.52. The summed E-state index contributed by atoms with van der Waals surface area (Å²) in [5.41, 5.74) is 4.13. The van der Waals surface area contributed by atoms with Gasteiger partial charge in [0.1, 0.15) is 0 Å². The van der Waals surface area contributed by atoms with Crippen LogP contribution in [-0.2, 0) is 6.42 Å². The Hall–Kier alpha value is -1.28. The predicted octanol–water partition coefficient (Wildman–Crippen LogP) is 3.75. The number of hydrogen-bond donors (Lipinski definition) is 1. The lowest BCUT2D eigenvalue weighted by Gasteiger charge is -2.30. The molecule has 19 heavy (non-hydrogen) atoms. The van der Waals surface area contributed by atoms with Gasteiger partial charge in [0.15, 0.2) is 0 Å². The minimum absolute atomic E-state index is 0.873. The zero-order chi connectivity index (χ0) is 13.2. The van der Waals surface area contributed by atoms with E-state index in [1.54, 1.807) is 0 Å². The number of nitrogens with zero attached hydrogens (tertiary/aromatic N) is 1. The van der Waals surface area contributed by atoms with Crippen LogP contribution in [0.2, 0.25) is 0 Å². The van der Waals surface area contributed by atoms with Gasteiger partial charge in [-0.15, -0.1) is 0 Å². The van der Waals surface area contributed by atoms with Crippen molar-refractivity contribution in [3.8, 4) is 0 Å². The van der Waals surface area contributed by atoms with Crippen LogP contribution in [0.4, 0.5) is 0 Å². The molecule has 0 spiro atoms. The van der Waals surface area contributed by atoms with Crippen molar-refractivity contribution < 1.29 is 0 Å². The van der Waals surface area contributed by atoms with E-state index < -0.39 is 0 Å². The average Bonchev–Trinajstić information content (AvgIpc) is 2.72. The van der Waals surface area contributed by atoms with Gasteiger partial charge >= 0.3 is 0 Å². The number of fused-ring (bicyclic) bond motifs is 1. The Balaban J connectivity index is 1.73. The molecule has 2 nitrogen and oxygen atoms in total. The molecule has 1 aromatic carbocycles. The van der Waals surface area contributed by atoms with E-state index in [0.29, 0.717) is 0 Å². The first kappa shape index (κ1) is 12.7. The largest absolute Gasteiger partial charge is 0.358 e. The Bertz CT molecular complexity index is 555. The maximum atomic E-state index is 3.51. The van der Waals surface area contributed by atoms with E-state index in [0.717, 1.165) is 5.92 Å². The van der Waals surface area contributed by atoms with E-state index in [2.05, 4.69) is 48.0 Å².